The minimum Gasteiger partial charge on any atom is -0.502 e. The number of aromatic hydroxyl groups is 1. The van der Waals surface area contributed by atoms with Gasteiger partial charge < -0.3 is 9.84 Å². The molecule has 34 heavy (non-hydrogen) atoms. The van der Waals surface area contributed by atoms with Crippen molar-refractivity contribution in [2.75, 3.05) is 19.7 Å². The van der Waals surface area contributed by atoms with E-state index >= 15 is 0 Å². The van der Waals surface area contributed by atoms with Gasteiger partial charge in [0, 0.05) is 18.2 Å². The van der Waals surface area contributed by atoms with Crippen molar-refractivity contribution in [3.05, 3.63) is 36.0 Å². The topological polar surface area (TPSA) is 53.7 Å². The standard InChI is InChI=1S/C29H44N2O3/c1-2-3-4-5-6-7-8-9-10-14-22-34-27(32)24-31-21-15-16-25-17-18-26(29(33)28(25)31)23-30-19-12-11-13-20-30/h15-18,21H,2-14,19-20,22-24H2,1H3/p+1. The third-order valence-electron chi connectivity index (χ3n) is 7.00. The molecule has 5 nitrogen and oxygen atoms in total. The van der Waals surface area contributed by atoms with Crippen molar-refractivity contribution in [3.8, 4) is 5.75 Å². The van der Waals surface area contributed by atoms with Gasteiger partial charge in [-0.05, 0) is 44.5 Å². The second-order valence-electron chi connectivity index (χ2n) is 9.89. The van der Waals surface area contributed by atoms with Crippen LogP contribution in [0.5, 0.6) is 5.75 Å². The molecule has 5 heteroatoms. The Morgan fingerprint density at radius 1 is 0.941 bits per heavy atom. The number of unbranched alkanes of at least 4 members (excludes halogenated alkanes) is 9. The summed E-state index contributed by atoms with van der Waals surface area (Å²) < 4.78 is 7.33. The molecule has 1 saturated heterocycles. The van der Waals surface area contributed by atoms with E-state index in [9.17, 15) is 9.90 Å². The van der Waals surface area contributed by atoms with Crippen LogP contribution in [0.3, 0.4) is 0 Å². The second kappa shape index (κ2) is 15.0. The molecule has 1 aromatic carbocycles. The van der Waals surface area contributed by atoms with Gasteiger partial charge in [0.1, 0.15) is 0 Å². The number of aromatic nitrogens is 1. The van der Waals surface area contributed by atoms with Gasteiger partial charge in [0.05, 0.1) is 12.0 Å². The van der Waals surface area contributed by atoms with E-state index in [1.165, 1.54) is 70.6 Å². The number of phenols is 1. The van der Waals surface area contributed by atoms with Gasteiger partial charge in [-0.3, -0.25) is 4.90 Å². The average Bonchev–Trinajstić information content (AvgIpc) is 2.85. The van der Waals surface area contributed by atoms with Gasteiger partial charge in [-0.25, -0.2) is 4.79 Å². The van der Waals surface area contributed by atoms with Crippen LogP contribution in [-0.2, 0) is 22.6 Å². The van der Waals surface area contributed by atoms with E-state index in [1.54, 1.807) is 0 Å². The third-order valence-corrected chi connectivity index (χ3v) is 7.00. The zero-order chi connectivity index (χ0) is 24.0. The van der Waals surface area contributed by atoms with Crippen LogP contribution in [0.2, 0.25) is 0 Å². The molecular formula is C29H45N2O3+. The summed E-state index contributed by atoms with van der Waals surface area (Å²) in [6, 6.07) is 7.95. The van der Waals surface area contributed by atoms with Crippen LogP contribution < -0.4 is 4.57 Å². The quantitative estimate of drug-likeness (QED) is 0.189. The average molecular weight is 470 g/mol. The van der Waals surface area contributed by atoms with E-state index in [2.05, 4.69) is 11.8 Å². The fourth-order valence-corrected chi connectivity index (χ4v) is 4.98. The Bertz CT molecular complexity index is 877. The Balaban J connectivity index is 1.43. The summed E-state index contributed by atoms with van der Waals surface area (Å²) in [5, 5.41) is 12.0. The Morgan fingerprint density at radius 2 is 1.62 bits per heavy atom. The van der Waals surface area contributed by atoms with Crippen LogP contribution in [0.15, 0.2) is 30.5 Å². The number of hydrogen-bond acceptors (Lipinski definition) is 4. The van der Waals surface area contributed by atoms with Gasteiger partial charge in [0.2, 0.25) is 6.54 Å². The van der Waals surface area contributed by atoms with Gasteiger partial charge in [-0.1, -0.05) is 77.2 Å². The first-order valence-corrected chi connectivity index (χ1v) is 13.7. The Morgan fingerprint density at radius 3 is 2.32 bits per heavy atom. The van der Waals surface area contributed by atoms with Crippen LogP contribution in [0, 0.1) is 0 Å². The molecule has 0 amide bonds. The molecule has 0 unspecified atom stereocenters. The minimum absolute atomic E-state index is 0.121. The van der Waals surface area contributed by atoms with E-state index in [-0.39, 0.29) is 18.3 Å². The molecule has 1 fully saturated rings. The number of pyridine rings is 1. The number of carbonyl (C=O) groups is 1. The van der Waals surface area contributed by atoms with Crippen molar-refractivity contribution in [1.82, 2.24) is 4.90 Å². The number of piperidine rings is 1. The summed E-state index contributed by atoms with van der Waals surface area (Å²) in [6.45, 7) is 5.77. The molecule has 1 aromatic heterocycles. The number of phenolic OH excluding ortho intramolecular Hbond substituents is 1. The molecule has 1 aliphatic heterocycles. The number of rotatable bonds is 15. The molecule has 0 aliphatic carbocycles. The van der Waals surface area contributed by atoms with E-state index < -0.39 is 0 Å². The summed E-state index contributed by atoms with van der Waals surface area (Å²) in [5.74, 6) is 0.0421. The van der Waals surface area contributed by atoms with E-state index in [0.29, 0.717) is 12.1 Å². The lowest BCUT2D eigenvalue weighted by Gasteiger charge is -2.26. The first kappa shape index (κ1) is 26.5. The van der Waals surface area contributed by atoms with Crippen molar-refractivity contribution in [2.45, 2.75) is 103 Å². The summed E-state index contributed by atoms with van der Waals surface area (Å²) in [4.78, 5) is 14.9. The van der Waals surface area contributed by atoms with Crippen molar-refractivity contribution >= 4 is 16.9 Å². The highest BCUT2D eigenvalue weighted by molar-refractivity contribution is 5.83. The van der Waals surface area contributed by atoms with Crippen molar-refractivity contribution in [2.24, 2.45) is 0 Å². The molecular weight excluding hydrogens is 424 g/mol. The number of hydrogen-bond donors (Lipinski definition) is 1. The van der Waals surface area contributed by atoms with Gasteiger partial charge in [0.15, 0.2) is 11.9 Å². The number of fused-ring (bicyclic) bond motifs is 1. The summed E-state index contributed by atoms with van der Waals surface area (Å²) in [7, 11) is 0. The second-order valence-corrected chi connectivity index (χ2v) is 9.89. The molecule has 1 N–H and O–H groups in total. The lowest BCUT2D eigenvalue weighted by atomic mass is 10.1. The normalized spacial score (nSPS) is 14.5. The zero-order valence-corrected chi connectivity index (χ0v) is 21.3. The number of carbonyl (C=O) groups excluding carboxylic acids is 1. The van der Waals surface area contributed by atoms with Crippen LogP contribution in [-0.4, -0.2) is 35.7 Å². The lowest BCUT2D eigenvalue weighted by Crippen LogP contribution is -2.39. The fraction of sp³-hybridized carbons (Fsp3) is 0.655. The third kappa shape index (κ3) is 8.57. The molecule has 0 spiro atoms. The van der Waals surface area contributed by atoms with E-state index in [0.717, 1.165) is 43.4 Å². The molecule has 0 saturated carbocycles. The Labute approximate surface area is 206 Å². The molecule has 2 aromatic rings. The number of likely N-dealkylation sites (tertiary alicyclic amines) is 1. The van der Waals surface area contributed by atoms with Crippen molar-refractivity contribution in [1.29, 1.82) is 0 Å². The fourth-order valence-electron chi connectivity index (χ4n) is 4.98. The highest BCUT2D eigenvalue weighted by Crippen LogP contribution is 2.28. The smallest absolute Gasteiger partial charge is 0.372 e. The Hall–Kier alpha value is -2.14. The van der Waals surface area contributed by atoms with Crippen LogP contribution >= 0.6 is 0 Å². The summed E-state index contributed by atoms with van der Waals surface area (Å²) in [6.07, 6.45) is 18.2. The first-order valence-electron chi connectivity index (χ1n) is 13.7. The maximum Gasteiger partial charge on any atom is 0.372 e. The molecule has 188 valence electrons. The number of esters is 1. The predicted molar refractivity (Wildman–Crippen MR) is 138 cm³/mol. The molecule has 0 radical (unpaired) electrons. The first-order chi connectivity index (χ1) is 16.7. The summed E-state index contributed by atoms with van der Waals surface area (Å²) >= 11 is 0. The largest absolute Gasteiger partial charge is 0.502 e. The number of nitrogens with zero attached hydrogens (tertiary/aromatic N) is 2. The highest BCUT2D eigenvalue weighted by Gasteiger charge is 2.21. The van der Waals surface area contributed by atoms with Gasteiger partial charge in [-0.2, -0.15) is 4.57 Å². The molecule has 3 rings (SSSR count). The van der Waals surface area contributed by atoms with E-state index in [4.69, 9.17) is 4.74 Å². The van der Waals surface area contributed by atoms with Crippen molar-refractivity contribution < 1.29 is 19.2 Å². The summed E-state index contributed by atoms with van der Waals surface area (Å²) in [5.41, 5.74) is 1.64. The highest BCUT2D eigenvalue weighted by atomic mass is 16.5. The van der Waals surface area contributed by atoms with Gasteiger partial charge in [-0.15, -0.1) is 0 Å². The van der Waals surface area contributed by atoms with Crippen molar-refractivity contribution in [3.63, 3.8) is 0 Å². The van der Waals surface area contributed by atoms with E-state index in [1.807, 2.05) is 35.0 Å². The maximum absolute atomic E-state index is 12.5. The minimum atomic E-state index is -0.241. The molecule has 1 aliphatic rings. The number of ether oxygens (including phenoxy) is 1. The SMILES string of the molecule is CCCCCCCCCCCCOC(=O)C[n+]1cccc2ccc(CN3CCCCC3)c(O)c21. The van der Waals surface area contributed by atoms with Gasteiger partial charge >= 0.3 is 5.97 Å². The lowest BCUT2D eigenvalue weighted by molar-refractivity contribution is -0.660. The van der Waals surface area contributed by atoms with Crippen LogP contribution in [0.25, 0.3) is 10.9 Å². The zero-order valence-electron chi connectivity index (χ0n) is 21.3. The predicted octanol–water partition coefficient (Wildman–Crippen LogP) is 6.28. The molecule has 0 atom stereocenters. The van der Waals surface area contributed by atoms with Crippen LogP contribution in [0.1, 0.15) is 96.0 Å². The molecule has 0 bridgehead atoms. The molecule has 2 heterocycles. The van der Waals surface area contributed by atoms with Crippen LogP contribution in [0.4, 0.5) is 0 Å². The van der Waals surface area contributed by atoms with Gasteiger partial charge in [0.25, 0.3) is 5.52 Å². The Kier molecular flexibility index (Phi) is 11.7. The number of benzene rings is 1. The maximum atomic E-state index is 12.5. The monoisotopic (exact) mass is 469 g/mol.